The van der Waals surface area contributed by atoms with Gasteiger partial charge in [-0.2, -0.15) is 0 Å². The lowest BCUT2D eigenvalue weighted by molar-refractivity contribution is -0.734. The predicted octanol–water partition coefficient (Wildman–Crippen LogP) is -0.636. The summed E-state index contributed by atoms with van der Waals surface area (Å²) in [6.45, 7) is 2.26. The number of benzene rings is 1. The molecule has 0 radical (unpaired) electrons. The first-order chi connectivity index (χ1) is 13.8. The summed E-state index contributed by atoms with van der Waals surface area (Å²) in [5.41, 5.74) is -0.198. The number of halogens is 1. The third kappa shape index (κ3) is 2.85. The highest BCUT2D eigenvalue weighted by Crippen LogP contribution is 2.50. The van der Waals surface area contributed by atoms with Gasteiger partial charge in [0.15, 0.2) is 0 Å². The normalized spacial score (nSPS) is 30.1. The third-order valence-corrected chi connectivity index (χ3v) is 6.57. The van der Waals surface area contributed by atoms with Crippen LogP contribution in [0.15, 0.2) is 18.2 Å². The maximum absolute atomic E-state index is 13.3. The van der Waals surface area contributed by atoms with Gasteiger partial charge in [0, 0.05) is 29.5 Å². The lowest BCUT2D eigenvalue weighted by Gasteiger charge is -2.26. The number of fused-ring (bicyclic) bond motifs is 4. The molecule has 2 saturated heterocycles. The average molecular weight is 420 g/mol. The van der Waals surface area contributed by atoms with Gasteiger partial charge in [0.1, 0.15) is 17.9 Å². The molecule has 154 valence electrons. The van der Waals surface area contributed by atoms with Crippen molar-refractivity contribution in [3.05, 3.63) is 28.8 Å². The molecule has 0 saturated carbocycles. The molecule has 1 aromatic rings. The minimum atomic E-state index is -1.32. The van der Waals surface area contributed by atoms with E-state index in [1.165, 1.54) is 4.90 Å². The van der Waals surface area contributed by atoms with Crippen molar-refractivity contribution in [2.45, 2.75) is 44.2 Å². The van der Waals surface area contributed by atoms with E-state index >= 15 is 0 Å². The Morgan fingerprint density at radius 3 is 2.76 bits per heavy atom. The van der Waals surface area contributed by atoms with E-state index in [0.717, 1.165) is 6.42 Å². The van der Waals surface area contributed by atoms with Crippen molar-refractivity contribution in [2.75, 3.05) is 11.9 Å². The number of anilines is 1. The molecule has 0 unspecified atom stereocenters. The summed E-state index contributed by atoms with van der Waals surface area (Å²) in [5.74, 6) is -3.95. The second-order valence-corrected chi connectivity index (χ2v) is 8.38. The second kappa shape index (κ2) is 7.11. The van der Waals surface area contributed by atoms with E-state index < -0.39 is 29.4 Å². The highest BCUT2D eigenvalue weighted by Gasteiger charge is 2.73. The molecule has 9 heteroatoms. The first-order valence-corrected chi connectivity index (χ1v) is 10.2. The zero-order chi connectivity index (χ0) is 20.9. The first-order valence-electron chi connectivity index (χ1n) is 9.83. The number of hydrogen-bond donors (Lipinski definition) is 2. The molecule has 1 aromatic carbocycles. The topological polar surface area (TPSA) is 123 Å². The van der Waals surface area contributed by atoms with E-state index in [4.69, 9.17) is 11.6 Å². The van der Waals surface area contributed by atoms with E-state index in [0.29, 0.717) is 29.2 Å². The van der Waals surface area contributed by atoms with Gasteiger partial charge in [-0.05, 0) is 31.0 Å². The quantitative estimate of drug-likeness (QED) is 0.594. The summed E-state index contributed by atoms with van der Waals surface area (Å²) in [6, 6.07) is 4.46. The molecule has 4 rings (SSSR count). The maximum atomic E-state index is 13.3. The number of carbonyl (C=O) groups excluding carboxylic acids is 4. The van der Waals surface area contributed by atoms with Crippen LogP contribution in [0.25, 0.3) is 0 Å². The first kappa shape index (κ1) is 19.8. The average Bonchev–Trinajstić information content (AvgIpc) is 3.24. The number of nitrogens with one attached hydrogen (secondary N) is 1. The Hall–Kier alpha value is -2.45. The van der Waals surface area contributed by atoms with Crippen molar-refractivity contribution < 1.29 is 29.6 Å². The van der Waals surface area contributed by atoms with Crippen LogP contribution in [0, 0.1) is 11.8 Å². The number of carboxylic acids is 1. The fourth-order valence-corrected chi connectivity index (χ4v) is 5.25. The number of unbranched alkanes of at least 4 members (excludes halogenated alkanes) is 1. The Morgan fingerprint density at radius 1 is 1.31 bits per heavy atom. The summed E-state index contributed by atoms with van der Waals surface area (Å²) >= 11 is 6.18. The van der Waals surface area contributed by atoms with Crippen molar-refractivity contribution in [1.82, 2.24) is 4.90 Å². The Kier molecular flexibility index (Phi) is 4.86. The van der Waals surface area contributed by atoms with Gasteiger partial charge in [-0.25, -0.2) is 0 Å². The molecule has 3 aliphatic rings. The zero-order valence-corrected chi connectivity index (χ0v) is 16.7. The van der Waals surface area contributed by atoms with Crippen molar-refractivity contribution in [3.8, 4) is 0 Å². The zero-order valence-electron chi connectivity index (χ0n) is 15.9. The smallest absolute Gasteiger partial charge is 0.291 e. The monoisotopic (exact) mass is 419 g/mol. The fourth-order valence-electron chi connectivity index (χ4n) is 5.08. The summed E-state index contributed by atoms with van der Waals surface area (Å²) in [4.78, 5) is 51.9. The Labute approximate surface area is 172 Å². The number of rotatable bonds is 6. The van der Waals surface area contributed by atoms with Crippen LogP contribution in [-0.2, 0) is 24.7 Å². The lowest BCUT2D eigenvalue weighted by atomic mass is 9.76. The van der Waals surface area contributed by atoms with Gasteiger partial charge in [0.25, 0.3) is 5.91 Å². The minimum Gasteiger partial charge on any atom is -0.550 e. The molecular weight excluding hydrogens is 398 g/mol. The number of likely N-dealkylation sites (tertiary alicyclic amines) is 1. The minimum absolute atomic E-state index is 0.134. The number of aliphatic carboxylic acids is 1. The Morgan fingerprint density at radius 2 is 2.07 bits per heavy atom. The van der Waals surface area contributed by atoms with Gasteiger partial charge in [0.05, 0.1) is 5.69 Å². The third-order valence-electron chi connectivity index (χ3n) is 6.34. The van der Waals surface area contributed by atoms with Crippen molar-refractivity contribution in [2.24, 2.45) is 11.8 Å². The molecule has 3 N–H and O–H groups in total. The Bertz CT molecular complexity index is 919. The van der Waals surface area contributed by atoms with E-state index in [2.05, 4.69) is 5.32 Å². The number of amides is 3. The van der Waals surface area contributed by atoms with E-state index in [-0.39, 0.29) is 30.6 Å². The molecule has 3 aliphatic heterocycles. The molecule has 1 spiro atoms. The Balaban J connectivity index is 1.81. The standard InChI is InChI=1S/C20H22ClN3O5/c1-2-3-8-24-17(27)15-13(6-7-14(25)26)23-20(16(15)18(24)28)11-9-10(21)4-5-12(11)22-19(20)29/h4-5,9,13,15-16,23H,2-3,6-8H2,1H3,(H,22,29)(H,25,26)/t13-,15+,16-,20+/m0/s1. The van der Waals surface area contributed by atoms with Gasteiger partial charge in [-0.15, -0.1) is 0 Å². The second-order valence-electron chi connectivity index (χ2n) is 7.94. The highest BCUT2D eigenvalue weighted by atomic mass is 35.5. The molecule has 8 nitrogen and oxygen atoms in total. The van der Waals surface area contributed by atoms with Gasteiger partial charge in [-0.3, -0.25) is 19.3 Å². The molecule has 0 bridgehead atoms. The highest BCUT2D eigenvalue weighted by molar-refractivity contribution is 6.31. The van der Waals surface area contributed by atoms with E-state index in [9.17, 15) is 24.3 Å². The van der Waals surface area contributed by atoms with Gasteiger partial charge in [0.2, 0.25) is 17.4 Å². The maximum Gasteiger partial charge on any atom is 0.291 e. The van der Waals surface area contributed by atoms with Crippen molar-refractivity contribution in [3.63, 3.8) is 0 Å². The summed E-state index contributed by atoms with van der Waals surface area (Å²) in [6.07, 6.45) is 1.37. The summed E-state index contributed by atoms with van der Waals surface area (Å²) < 4.78 is 0. The molecule has 3 amide bonds. The molecule has 4 atom stereocenters. The fraction of sp³-hybridized carbons (Fsp3) is 0.500. The van der Waals surface area contributed by atoms with E-state index in [1.807, 2.05) is 6.92 Å². The molecule has 2 fully saturated rings. The van der Waals surface area contributed by atoms with Crippen LogP contribution < -0.4 is 15.7 Å². The number of carboxylic acid groups (broad SMARTS) is 1. The summed E-state index contributed by atoms with van der Waals surface area (Å²) in [7, 11) is 0. The van der Waals surface area contributed by atoms with Gasteiger partial charge in [-0.1, -0.05) is 24.9 Å². The van der Waals surface area contributed by atoms with E-state index in [1.54, 1.807) is 23.5 Å². The number of imide groups is 1. The summed E-state index contributed by atoms with van der Waals surface area (Å²) in [5, 5.41) is 16.0. The predicted molar refractivity (Wildman–Crippen MR) is 100 cm³/mol. The van der Waals surface area contributed by atoms with Gasteiger partial charge >= 0.3 is 0 Å². The molecule has 0 aromatic heterocycles. The van der Waals surface area contributed by atoms with Crippen LogP contribution in [-0.4, -0.2) is 41.2 Å². The van der Waals surface area contributed by atoms with Crippen LogP contribution in [0.1, 0.15) is 38.2 Å². The van der Waals surface area contributed by atoms with Crippen LogP contribution in [0.4, 0.5) is 5.69 Å². The van der Waals surface area contributed by atoms with Crippen LogP contribution >= 0.6 is 11.6 Å². The van der Waals surface area contributed by atoms with Crippen molar-refractivity contribution in [1.29, 1.82) is 0 Å². The van der Waals surface area contributed by atoms with Gasteiger partial charge < -0.3 is 20.5 Å². The number of quaternary nitrogens is 1. The number of nitrogens with zero attached hydrogens (tertiary/aromatic N) is 1. The number of nitrogens with two attached hydrogens (primary N) is 1. The van der Waals surface area contributed by atoms with Crippen molar-refractivity contribution >= 4 is 41.0 Å². The SMILES string of the molecule is CCCCN1C(=O)[C@@H]2[C@H](CCC(=O)[O-])[NH2+][C@@]3(C(=O)Nc4ccc(Cl)cc43)[C@@H]2C1=O. The molecule has 29 heavy (non-hydrogen) atoms. The molecule has 3 heterocycles. The lowest BCUT2D eigenvalue weighted by Crippen LogP contribution is -2.99. The molecular formula is C20H22ClN3O5. The molecule has 0 aliphatic carbocycles. The largest absolute Gasteiger partial charge is 0.550 e. The number of carbonyl (C=O) groups is 4. The van der Waals surface area contributed by atoms with Crippen LogP contribution in [0.3, 0.4) is 0 Å². The van der Waals surface area contributed by atoms with Crippen LogP contribution in [0.2, 0.25) is 5.02 Å². The van der Waals surface area contributed by atoms with Crippen LogP contribution in [0.5, 0.6) is 0 Å². The number of hydrogen-bond acceptors (Lipinski definition) is 5.